The smallest absolute Gasteiger partial charge is 0.233 e. The first-order valence-corrected chi connectivity index (χ1v) is 10.1. The molecule has 1 saturated carbocycles. The van der Waals surface area contributed by atoms with Crippen LogP contribution in [0.4, 0.5) is 0 Å². The van der Waals surface area contributed by atoms with Crippen molar-refractivity contribution in [3.8, 4) is 6.07 Å². The predicted molar refractivity (Wildman–Crippen MR) is 99.8 cm³/mol. The molecule has 2 aromatic rings. The second-order valence-corrected chi connectivity index (χ2v) is 7.83. The highest BCUT2D eigenvalue weighted by Crippen LogP contribution is 2.36. The second-order valence-electron chi connectivity index (χ2n) is 6.89. The van der Waals surface area contributed by atoms with Crippen LogP contribution in [-0.4, -0.2) is 67.8 Å². The Hall–Kier alpha value is -2.44. The highest BCUT2D eigenvalue weighted by atomic mass is 32.2. The van der Waals surface area contributed by atoms with Crippen molar-refractivity contribution in [2.45, 2.75) is 30.6 Å². The van der Waals surface area contributed by atoms with Crippen LogP contribution >= 0.6 is 11.8 Å². The largest absolute Gasteiger partial charge is 0.339 e. The Kier molecular flexibility index (Phi) is 5.36. The van der Waals surface area contributed by atoms with E-state index < -0.39 is 0 Å². The first-order chi connectivity index (χ1) is 13.2. The van der Waals surface area contributed by atoms with E-state index in [2.05, 4.69) is 26.5 Å². The molecule has 0 radical (unpaired) electrons. The average molecular weight is 383 g/mol. The lowest BCUT2D eigenvalue weighted by Gasteiger charge is -2.34. The van der Waals surface area contributed by atoms with Crippen molar-refractivity contribution in [3.05, 3.63) is 35.4 Å². The first-order valence-electron chi connectivity index (χ1n) is 9.13. The summed E-state index contributed by atoms with van der Waals surface area (Å²) in [5.74, 6) is 0.520. The molecule has 1 aliphatic heterocycles. The maximum Gasteiger partial charge on any atom is 0.233 e. The summed E-state index contributed by atoms with van der Waals surface area (Å²) in [5.41, 5.74) is 1.87. The molecule has 2 aliphatic rings. The fourth-order valence-corrected chi connectivity index (χ4v) is 3.99. The molecular weight excluding hydrogens is 362 g/mol. The molecule has 4 rings (SSSR count). The number of hydrogen-bond acceptors (Lipinski definition) is 7. The molecule has 1 aromatic carbocycles. The van der Waals surface area contributed by atoms with Gasteiger partial charge < -0.3 is 4.90 Å². The fourth-order valence-electron chi connectivity index (χ4n) is 3.14. The van der Waals surface area contributed by atoms with Gasteiger partial charge in [0.15, 0.2) is 0 Å². The molecule has 0 spiro atoms. The molecule has 9 heteroatoms. The van der Waals surface area contributed by atoms with Crippen LogP contribution in [0.1, 0.15) is 30.0 Å². The minimum Gasteiger partial charge on any atom is -0.339 e. The number of carbonyl (C=O) groups is 1. The third-order valence-electron chi connectivity index (χ3n) is 4.89. The number of nitrogens with zero attached hydrogens (tertiary/aromatic N) is 7. The third-order valence-corrected chi connectivity index (χ3v) is 5.81. The predicted octanol–water partition coefficient (Wildman–Crippen LogP) is 1.32. The lowest BCUT2D eigenvalue weighted by atomic mass is 10.1. The van der Waals surface area contributed by atoms with Crippen molar-refractivity contribution in [1.82, 2.24) is 30.0 Å². The average Bonchev–Trinajstić information content (AvgIpc) is 3.45. The van der Waals surface area contributed by atoms with Gasteiger partial charge in [0.25, 0.3) is 0 Å². The third kappa shape index (κ3) is 4.46. The number of piperazine rings is 1. The van der Waals surface area contributed by atoms with Crippen molar-refractivity contribution in [2.24, 2.45) is 0 Å². The van der Waals surface area contributed by atoms with Gasteiger partial charge in [0.1, 0.15) is 0 Å². The fraction of sp³-hybridized carbons (Fsp3) is 0.500. The van der Waals surface area contributed by atoms with E-state index in [9.17, 15) is 4.79 Å². The summed E-state index contributed by atoms with van der Waals surface area (Å²) in [7, 11) is 0. The molecule has 8 nitrogen and oxygen atoms in total. The van der Waals surface area contributed by atoms with Crippen LogP contribution in [0.3, 0.4) is 0 Å². The van der Waals surface area contributed by atoms with Crippen LogP contribution in [-0.2, 0) is 11.3 Å². The van der Waals surface area contributed by atoms with Crippen molar-refractivity contribution < 1.29 is 4.79 Å². The normalized spacial score (nSPS) is 17.7. The van der Waals surface area contributed by atoms with E-state index in [0.29, 0.717) is 17.4 Å². The van der Waals surface area contributed by atoms with Crippen molar-refractivity contribution in [1.29, 1.82) is 5.26 Å². The van der Waals surface area contributed by atoms with Gasteiger partial charge in [0.05, 0.1) is 23.4 Å². The van der Waals surface area contributed by atoms with Crippen LogP contribution in [0, 0.1) is 11.3 Å². The van der Waals surface area contributed by atoms with Gasteiger partial charge in [0.2, 0.25) is 11.1 Å². The standard InChI is InChI=1S/C18H21N7OS/c19-11-14-1-3-15(4-2-14)12-23-7-9-24(10-8-23)17(26)13-27-18-20-21-22-25(18)16-5-6-16/h1-4,16H,5-10,12-13H2. The molecule has 140 valence electrons. The summed E-state index contributed by atoms with van der Waals surface area (Å²) in [4.78, 5) is 16.8. The number of tetrazole rings is 1. The van der Waals surface area contributed by atoms with Gasteiger partial charge in [-0.1, -0.05) is 23.9 Å². The summed E-state index contributed by atoms with van der Waals surface area (Å²) in [5, 5.41) is 21.4. The molecule has 2 heterocycles. The van der Waals surface area contributed by atoms with Crippen LogP contribution in [0.15, 0.2) is 29.4 Å². The molecule has 2 fully saturated rings. The highest BCUT2D eigenvalue weighted by Gasteiger charge is 2.28. The Morgan fingerprint density at radius 1 is 1.19 bits per heavy atom. The topological polar surface area (TPSA) is 90.9 Å². The van der Waals surface area contributed by atoms with E-state index in [1.54, 1.807) is 0 Å². The lowest BCUT2D eigenvalue weighted by Crippen LogP contribution is -2.48. The molecule has 1 aliphatic carbocycles. The van der Waals surface area contributed by atoms with Crippen molar-refractivity contribution in [3.63, 3.8) is 0 Å². The molecule has 27 heavy (non-hydrogen) atoms. The monoisotopic (exact) mass is 383 g/mol. The Bertz CT molecular complexity index is 832. The minimum absolute atomic E-state index is 0.142. The number of rotatable bonds is 6. The van der Waals surface area contributed by atoms with Crippen molar-refractivity contribution >= 4 is 17.7 Å². The Balaban J connectivity index is 1.23. The molecule has 0 N–H and O–H groups in total. The Labute approximate surface area is 162 Å². The maximum absolute atomic E-state index is 12.5. The van der Waals surface area contributed by atoms with Gasteiger partial charge in [-0.05, 0) is 41.0 Å². The number of nitriles is 1. The summed E-state index contributed by atoms with van der Waals surface area (Å²) in [6.07, 6.45) is 2.24. The van der Waals surface area contributed by atoms with Gasteiger partial charge >= 0.3 is 0 Å². The van der Waals surface area contributed by atoms with Crippen LogP contribution < -0.4 is 0 Å². The quantitative estimate of drug-likeness (QED) is 0.695. The first kappa shape index (κ1) is 17.9. The van der Waals surface area contributed by atoms with E-state index in [4.69, 9.17) is 5.26 Å². The zero-order valence-corrected chi connectivity index (χ0v) is 15.8. The van der Waals surface area contributed by atoms with Gasteiger partial charge in [-0.2, -0.15) is 5.26 Å². The molecule has 1 aromatic heterocycles. The van der Waals surface area contributed by atoms with E-state index in [0.717, 1.165) is 50.7 Å². The van der Waals surface area contributed by atoms with E-state index in [1.165, 1.54) is 17.3 Å². The number of aromatic nitrogens is 4. The van der Waals surface area contributed by atoms with Gasteiger partial charge in [-0.25, -0.2) is 4.68 Å². The van der Waals surface area contributed by atoms with E-state index in [-0.39, 0.29) is 5.91 Å². The second kappa shape index (κ2) is 8.06. The molecule has 0 unspecified atom stereocenters. The van der Waals surface area contributed by atoms with Crippen LogP contribution in [0.25, 0.3) is 0 Å². The Morgan fingerprint density at radius 2 is 1.93 bits per heavy atom. The van der Waals surface area contributed by atoms with Gasteiger partial charge in [-0.15, -0.1) is 5.10 Å². The van der Waals surface area contributed by atoms with E-state index >= 15 is 0 Å². The number of benzene rings is 1. The molecular formula is C18H21N7OS. The Morgan fingerprint density at radius 3 is 2.59 bits per heavy atom. The zero-order chi connectivity index (χ0) is 18.6. The summed E-state index contributed by atoms with van der Waals surface area (Å²) in [6.45, 7) is 4.04. The van der Waals surface area contributed by atoms with Gasteiger partial charge in [-0.3, -0.25) is 9.69 Å². The summed E-state index contributed by atoms with van der Waals surface area (Å²) < 4.78 is 1.84. The SMILES string of the molecule is N#Cc1ccc(CN2CCN(C(=O)CSc3nnnn3C3CC3)CC2)cc1. The maximum atomic E-state index is 12.5. The number of thioether (sulfide) groups is 1. The van der Waals surface area contributed by atoms with E-state index in [1.807, 2.05) is 33.8 Å². The summed E-state index contributed by atoms with van der Waals surface area (Å²) in [6, 6.07) is 10.2. The van der Waals surface area contributed by atoms with Crippen molar-refractivity contribution in [2.75, 3.05) is 31.9 Å². The molecule has 0 atom stereocenters. The summed E-state index contributed by atoms with van der Waals surface area (Å²) >= 11 is 1.43. The lowest BCUT2D eigenvalue weighted by molar-refractivity contribution is -0.130. The van der Waals surface area contributed by atoms with Crippen LogP contribution in [0.2, 0.25) is 0 Å². The van der Waals surface area contributed by atoms with Crippen LogP contribution in [0.5, 0.6) is 0 Å². The minimum atomic E-state index is 0.142. The zero-order valence-electron chi connectivity index (χ0n) is 15.0. The molecule has 1 amide bonds. The molecule has 1 saturated heterocycles. The van der Waals surface area contributed by atoms with Gasteiger partial charge in [0, 0.05) is 32.7 Å². The number of carbonyl (C=O) groups excluding carboxylic acids is 1. The number of hydrogen-bond donors (Lipinski definition) is 0. The highest BCUT2D eigenvalue weighted by molar-refractivity contribution is 7.99. The molecule has 0 bridgehead atoms. The number of amides is 1.